The number of ether oxygens (including phenoxy) is 2. The molecule has 1 saturated heterocycles. The molecular weight excluding hydrogens is 382 g/mol. The summed E-state index contributed by atoms with van der Waals surface area (Å²) >= 11 is 0. The number of aliphatic imine (C=N–C) groups is 1. The first-order chi connectivity index (χ1) is 14.5. The number of rotatable bonds is 8. The second-order valence-corrected chi connectivity index (χ2v) is 8.57. The van der Waals surface area contributed by atoms with E-state index in [0.717, 1.165) is 82.7 Å². The van der Waals surface area contributed by atoms with Gasteiger partial charge in [0.15, 0.2) is 11.8 Å². The van der Waals surface area contributed by atoms with Crippen LogP contribution in [0.2, 0.25) is 0 Å². The predicted molar refractivity (Wildman–Crippen MR) is 118 cm³/mol. The van der Waals surface area contributed by atoms with Crippen molar-refractivity contribution in [2.24, 2.45) is 12.0 Å². The number of guanidine groups is 1. The fourth-order valence-corrected chi connectivity index (χ4v) is 3.97. The van der Waals surface area contributed by atoms with E-state index in [0.29, 0.717) is 24.8 Å². The van der Waals surface area contributed by atoms with Crippen molar-refractivity contribution in [1.82, 2.24) is 30.3 Å². The summed E-state index contributed by atoms with van der Waals surface area (Å²) in [6.45, 7) is 12.2. The lowest BCUT2D eigenvalue weighted by Gasteiger charge is -2.31. The SMILES string of the molecule is Cc1nnc(CN=C(NCCN2CCOCC2)NC2CCC(OC(C)C)CC2)n1C. The van der Waals surface area contributed by atoms with Crippen molar-refractivity contribution in [1.29, 1.82) is 0 Å². The highest BCUT2D eigenvalue weighted by molar-refractivity contribution is 5.80. The molecule has 9 heteroatoms. The Balaban J connectivity index is 1.53. The Labute approximate surface area is 180 Å². The van der Waals surface area contributed by atoms with Crippen LogP contribution in [0.5, 0.6) is 0 Å². The molecule has 0 unspecified atom stereocenters. The van der Waals surface area contributed by atoms with E-state index in [1.807, 2.05) is 18.5 Å². The summed E-state index contributed by atoms with van der Waals surface area (Å²) in [6.07, 6.45) is 5.08. The van der Waals surface area contributed by atoms with Gasteiger partial charge >= 0.3 is 0 Å². The Hall–Kier alpha value is -1.71. The van der Waals surface area contributed by atoms with Crippen molar-refractivity contribution in [3.63, 3.8) is 0 Å². The third-order valence-electron chi connectivity index (χ3n) is 5.87. The topological polar surface area (TPSA) is 88.8 Å². The van der Waals surface area contributed by atoms with E-state index in [1.165, 1.54) is 0 Å². The third-order valence-corrected chi connectivity index (χ3v) is 5.87. The molecule has 2 fully saturated rings. The van der Waals surface area contributed by atoms with Gasteiger partial charge in [0.1, 0.15) is 12.4 Å². The monoisotopic (exact) mass is 421 g/mol. The summed E-state index contributed by atoms with van der Waals surface area (Å²) in [4.78, 5) is 7.23. The Morgan fingerprint density at radius 3 is 2.57 bits per heavy atom. The van der Waals surface area contributed by atoms with E-state index in [-0.39, 0.29) is 0 Å². The van der Waals surface area contributed by atoms with Crippen LogP contribution in [0.1, 0.15) is 51.2 Å². The first kappa shape index (κ1) is 23.0. The highest BCUT2D eigenvalue weighted by atomic mass is 16.5. The molecule has 3 rings (SSSR count). The summed E-state index contributed by atoms with van der Waals surface area (Å²) in [6, 6.07) is 0.424. The highest BCUT2D eigenvalue weighted by Crippen LogP contribution is 2.22. The Morgan fingerprint density at radius 2 is 1.93 bits per heavy atom. The number of aromatic nitrogens is 3. The van der Waals surface area contributed by atoms with Crippen LogP contribution < -0.4 is 10.6 Å². The first-order valence-corrected chi connectivity index (χ1v) is 11.4. The summed E-state index contributed by atoms with van der Waals surface area (Å²) in [5, 5.41) is 15.5. The van der Waals surface area contributed by atoms with Crippen molar-refractivity contribution in [2.45, 2.75) is 71.2 Å². The standard InChI is InChI=1S/C21H39N7O2/c1-16(2)30-19-7-5-18(6-8-19)24-21(22-9-10-28-11-13-29-14-12-28)23-15-20-26-25-17(3)27(20)4/h16,18-19H,5-15H2,1-4H3,(H2,22,23,24). The molecule has 1 aromatic heterocycles. The minimum atomic E-state index is 0.299. The van der Waals surface area contributed by atoms with Gasteiger partial charge in [-0.25, -0.2) is 4.99 Å². The molecule has 2 heterocycles. The molecule has 0 atom stereocenters. The second kappa shape index (κ2) is 11.6. The zero-order valence-corrected chi connectivity index (χ0v) is 19.1. The molecule has 30 heavy (non-hydrogen) atoms. The fourth-order valence-electron chi connectivity index (χ4n) is 3.97. The quantitative estimate of drug-likeness (QED) is 0.482. The van der Waals surface area contributed by atoms with Gasteiger partial charge in [-0.3, -0.25) is 4.90 Å². The average molecular weight is 422 g/mol. The molecule has 0 amide bonds. The third kappa shape index (κ3) is 7.21. The van der Waals surface area contributed by atoms with Crippen LogP contribution in [0.3, 0.4) is 0 Å². The Morgan fingerprint density at radius 1 is 1.20 bits per heavy atom. The summed E-state index contributed by atoms with van der Waals surface area (Å²) in [5.41, 5.74) is 0. The van der Waals surface area contributed by atoms with E-state index in [2.05, 4.69) is 39.6 Å². The fraction of sp³-hybridized carbons (Fsp3) is 0.857. The van der Waals surface area contributed by atoms with Gasteiger partial charge in [0.05, 0.1) is 25.4 Å². The summed E-state index contributed by atoms with van der Waals surface area (Å²) < 4.78 is 13.4. The van der Waals surface area contributed by atoms with Crippen molar-refractivity contribution in [2.75, 3.05) is 39.4 Å². The number of aryl methyl sites for hydroxylation is 1. The molecule has 0 spiro atoms. The molecule has 9 nitrogen and oxygen atoms in total. The Kier molecular flexibility index (Phi) is 8.89. The van der Waals surface area contributed by atoms with Crippen molar-refractivity contribution < 1.29 is 9.47 Å². The molecular formula is C21H39N7O2. The van der Waals surface area contributed by atoms with Crippen LogP contribution in [0.15, 0.2) is 4.99 Å². The van der Waals surface area contributed by atoms with E-state index < -0.39 is 0 Å². The number of nitrogens with zero attached hydrogens (tertiary/aromatic N) is 5. The van der Waals surface area contributed by atoms with E-state index in [4.69, 9.17) is 14.5 Å². The highest BCUT2D eigenvalue weighted by Gasteiger charge is 2.23. The van der Waals surface area contributed by atoms with Gasteiger partial charge in [-0.15, -0.1) is 10.2 Å². The summed E-state index contributed by atoms with van der Waals surface area (Å²) in [7, 11) is 1.98. The first-order valence-electron chi connectivity index (χ1n) is 11.4. The molecule has 0 radical (unpaired) electrons. The van der Waals surface area contributed by atoms with Crippen molar-refractivity contribution in [3.8, 4) is 0 Å². The van der Waals surface area contributed by atoms with Gasteiger partial charge in [-0.1, -0.05) is 0 Å². The van der Waals surface area contributed by atoms with Crippen LogP contribution in [0.4, 0.5) is 0 Å². The van der Waals surface area contributed by atoms with Crippen molar-refractivity contribution >= 4 is 5.96 Å². The van der Waals surface area contributed by atoms with Crippen LogP contribution in [-0.2, 0) is 23.1 Å². The smallest absolute Gasteiger partial charge is 0.191 e. The maximum atomic E-state index is 5.99. The molecule has 1 aromatic rings. The molecule has 2 aliphatic rings. The van der Waals surface area contributed by atoms with Gasteiger partial charge < -0.3 is 24.7 Å². The lowest BCUT2D eigenvalue weighted by atomic mass is 9.93. The van der Waals surface area contributed by atoms with Crippen LogP contribution >= 0.6 is 0 Å². The van der Waals surface area contributed by atoms with Crippen molar-refractivity contribution in [3.05, 3.63) is 11.6 Å². The average Bonchev–Trinajstić information content (AvgIpc) is 3.06. The molecule has 1 aliphatic heterocycles. The maximum Gasteiger partial charge on any atom is 0.191 e. The van der Waals surface area contributed by atoms with Gasteiger partial charge in [-0.05, 0) is 46.5 Å². The second-order valence-electron chi connectivity index (χ2n) is 8.57. The van der Waals surface area contributed by atoms with Gasteiger partial charge in [0.25, 0.3) is 0 Å². The normalized spacial score (nSPS) is 23.7. The minimum absolute atomic E-state index is 0.299. The zero-order chi connectivity index (χ0) is 21.3. The molecule has 170 valence electrons. The lowest BCUT2D eigenvalue weighted by molar-refractivity contribution is -0.0152. The molecule has 2 N–H and O–H groups in total. The number of nitrogens with one attached hydrogen (secondary N) is 2. The summed E-state index contributed by atoms with van der Waals surface area (Å²) in [5.74, 6) is 2.63. The van der Waals surface area contributed by atoms with Gasteiger partial charge in [0.2, 0.25) is 0 Å². The number of hydrogen-bond acceptors (Lipinski definition) is 6. The molecule has 0 bridgehead atoms. The van der Waals surface area contributed by atoms with Crippen LogP contribution in [0.25, 0.3) is 0 Å². The Bertz CT molecular complexity index is 662. The van der Waals surface area contributed by atoms with E-state index >= 15 is 0 Å². The maximum absolute atomic E-state index is 5.99. The number of hydrogen-bond donors (Lipinski definition) is 2. The largest absolute Gasteiger partial charge is 0.379 e. The molecule has 1 saturated carbocycles. The predicted octanol–water partition coefficient (Wildman–Crippen LogP) is 1.23. The van der Waals surface area contributed by atoms with Crippen LogP contribution in [-0.4, -0.2) is 83.3 Å². The van der Waals surface area contributed by atoms with E-state index in [1.54, 1.807) is 0 Å². The van der Waals surface area contributed by atoms with Crippen LogP contribution in [0, 0.1) is 6.92 Å². The minimum Gasteiger partial charge on any atom is -0.379 e. The molecule has 1 aliphatic carbocycles. The zero-order valence-electron chi connectivity index (χ0n) is 19.1. The number of morpholine rings is 1. The lowest BCUT2D eigenvalue weighted by Crippen LogP contribution is -2.48. The van der Waals surface area contributed by atoms with Gasteiger partial charge in [-0.2, -0.15) is 0 Å². The molecule has 0 aromatic carbocycles. The van der Waals surface area contributed by atoms with Gasteiger partial charge in [0, 0.05) is 39.3 Å². The van der Waals surface area contributed by atoms with E-state index in [9.17, 15) is 0 Å².